The van der Waals surface area contributed by atoms with Crippen molar-refractivity contribution in [1.29, 1.82) is 0 Å². The number of nitrogens with one attached hydrogen (secondary N) is 2. The predicted molar refractivity (Wildman–Crippen MR) is 104 cm³/mol. The highest BCUT2D eigenvalue weighted by Crippen LogP contribution is 2.41. The van der Waals surface area contributed by atoms with Crippen molar-refractivity contribution in [2.75, 3.05) is 17.3 Å². The summed E-state index contributed by atoms with van der Waals surface area (Å²) in [6.45, 7) is 3.82. The van der Waals surface area contributed by atoms with Gasteiger partial charge in [0.1, 0.15) is 0 Å². The topological polar surface area (TPSA) is 65.2 Å². The van der Waals surface area contributed by atoms with Gasteiger partial charge in [-0.15, -0.1) is 0 Å². The van der Waals surface area contributed by atoms with E-state index in [2.05, 4.69) is 10.3 Å². The van der Waals surface area contributed by atoms with Crippen LogP contribution in [0.1, 0.15) is 25.0 Å². The van der Waals surface area contributed by atoms with E-state index in [1.54, 1.807) is 11.9 Å². The van der Waals surface area contributed by atoms with Crippen LogP contribution in [-0.4, -0.2) is 23.8 Å². The standard InChI is InChI=1S/C21H21N3O2/c1-21(2)16-11-14(8-9-18(16)24(3)20(21)26)23-19(25)10-13-12-22-17-7-5-4-6-15(13)17/h4-9,11-12,22H,10H2,1-3H3,(H,23,25). The zero-order chi connectivity index (χ0) is 18.5. The number of rotatable bonds is 3. The first-order valence-electron chi connectivity index (χ1n) is 8.65. The molecule has 132 valence electrons. The van der Waals surface area contributed by atoms with E-state index in [1.165, 1.54) is 0 Å². The average Bonchev–Trinajstić information content (AvgIpc) is 3.09. The third-order valence-corrected chi connectivity index (χ3v) is 5.18. The van der Waals surface area contributed by atoms with Crippen LogP contribution in [0.3, 0.4) is 0 Å². The van der Waals surface area contributed by atoms with E-state index in [0.717, 1.165) is 27.7 Å². The van der Waals surface area contributed by atoms with Crippen molar-refractivity contribution in [1.82, 2.24) is 4.98 Å². The Bertz CT molecular complexity index is 1030. The maximum absolute atomic E-state index is 12.5. The molecule has 1 aliphatic rings. The van der Waals surface area contributed by atoms with Gasteiger partial charge in [-0.25, -0.2) is 0 Å². The molecule has 2 heterocycles. The van der Waals surface area contributed by atoms with E-state index in [0.29, 0.717) is 12.1 Å². The summed E-state index contributed by atoms with van der Waals surface area (Å²) in [5.41, 5.74) is 3.96. The summed E-state index contributed by atoms with van der Waals surface area (Å²) >= 11 is 0. The maximum Gasteiger partial charge on any atom is 0.236 e. The number of hydrogen-bond acceptors (Lipinski definition) is 2. The van der Waals surface area contributed by atoms with E-state index in [-0.39, 0.29) is 11.8 Å². The van der Waals surface area contributed by atoms with E-state index in [1.807, 2.05) is 62.5 Å². The summed E-state index contributed by atoms with van der Waals surface area (Å²) in [6, 6.07) is 13.6. The molecule has 0 atom stereocenters. The van der Waals surface area contributed by atoms with Gasteiger partial charge in [0.15, 0.2) is 0 Å². The molecule has 2 aromatic carbocycles. The Hall–Kier alpha value is -3.08. The second kappa shape index (κ2) is 5.73. The van der Waals surface area contributed by atoms with Crippen molar-refractivity contribution in [3.8, 4) is 0 Å². The number of anilines is 2. The highest BCUT2D eigenvalue weighted by atomic mass is 16.2. The van der Waals surface area contributed by atoms with Crippen LogP contribution in [-0.2, 0) is 21.4 Å². The lowest BCUT2D eigenvalue weighted by Gasteiger charge is -2.16. The van der Waals surface area contributed by atoms with E-state index in [9.17, 15) is 9.59 Å². The van der Waals surface area contributed by atoms with Gasteiger partial charge in [-0.3, -0.25) is 9.59 Å². The van der Waals surface area contributed by atoms with E-state index < -0.39 is 5.41 Å². The van der Waals surface area contributed by atoms with Gasteiger partial charge in [-0.1, -0.05) is 18.2 Å². The zero-order valence-electron chi connectivity index (χ0n) is 15.1. The maximum atomic E-state index is 12.5. The minimum atomic E-state index is -0.582. The summed E-state index contributed by atoms with van der Waals surface area (Å²) < 4.78 is 0. The van der Waals surface area contributed by atoms with Crippen molar-refractivity contribution in [3.05, 3.63) is 59.8 Å². The molecule has 1 aromatic heterocycles. The lowest BCUT2D eigenvalue weighted by atomic mass is 9.86. The molecular formula is C21H21N3O2. The van der Waals surface area contributed by atoms with Gasteiger partial charge in [0.05, 0.1) is 11.8 Å². The molecule has 0 radical (unpaired) electrons. The minimum absolute atomic E-state index is 0.0646. The van der Waals surface area contributed by atoms with Crippen LogP contribution in [0.15, 0.2) is 48.7 Å². The van der Waals surface area contributed by atoms with Crippen LogP contribution < -0.4 is 10.2 Å². The summed E-state index contributed by atoms with van der Waals surface area (Å²) in [5.74, 6) is -0.0139. The lowest BCUT2D eigenvalue weighted by Crippen LogP contribution is -2.33. The molecule has 0 saturated carbocycles. The first-order chi connectivity index (χ1) is 12.4. The summed E-state index contributed by atoms with van der Waals surface area (Å²) in [5, 5.41) is 4.02. The summed E-state index contributed by atoms with van der Waals surface area (Å²) in [7, 11) is 1.78. The number of benzene rings is 2. The smallest absolute Gasteiger partial charge is 0.236 e. The highest BCUT2D eigenvalue weighted by molar-refractivity contribution is 6.08. The average molecular weight is 347 g/mol. The number of fused-ring (bicyclic) bond motifs is 2. The molecule has 1 aliphatic heterocycles. The van der Waals surface area contributed by atoms with Crippen molar-refractivity contribution >= 4 is 34.1 Å². The highest BCUT2D eigenvalue weighted by Gasteiger charge is 2.42. The van der Waals surface area contributed by atoms with Crippen LogP contribution in [0.4, 0.5) is 11.4 Å². The van der Waals surface area contributed by atoms with Crippen molar-refractivity contribution in [2.24, 2.45) is 0 Å². The molecule has 0 spiro atoms. The van der Waals surface area contributed by atoms with Gasteiger partial charge in [-0.05, 0) is 49.2 Å². The van der Waals surface area contributed by atoms with Crippen molar-refractivity contribution in [3.63, 3.8) is 0 Å². The molecular weight excluding hydrogens is 326 g/mol. The Morgan fingerprint density at radius 2 is 1.96 bits per heavy atom. The Morgan fingerprint density at radius 3 is 2.77 bits per heavy atom. The number of aromatic nitrogens is 1. The molecule has 26 heavy (non-hydrogen) atoms. The van der Waals surface area contributed by atoms with Gasteiger partial charge >= 0.3 is 0 Å². The van der Waals surface area contributed by atoms with Gasteiger partial charge in [0, 0.05) is 35.5 Å². The molecule has 0 unspecified atom stereocenters. The van der Waals surface area contributed by atoms with Crippen LogP contribution in [0.5, 0.6) is 0 Å². The molecule has 5 heteroatoms. The molecule has 5 nitrogen and oxygen atoms in total. The van der Waals surface area contributed by atoms with Gasteiger partial charge < -0.3 is 15.2 Å². The number of hydrogen-bond donors (Lipinski definition) is 2. The van der Waals surface area contributed by atoms with Crippen LogP contribution in [0.2, 0.25) is 0 Å². The second-order valence-corrected chi connectivity index (χ2v) is 7.31. The lowest BCUT2D eigenvalue weighted by molar-refractivity contribution is -0.121. The predicted octanol–water partition coefficient (Wildman–Crippen LogP) is 3.60. The molecule has 0 aliphatic carbocycles. The SMILES string of the molecule is CN1C(=O)C(C)(C)c2cc(NC(=O)Cc3c[nH]c4ccccc34)ccc21. The Kier molecular flexibility index (Phi) is 3.61. The number of para-hydroxylation sites is 1. The van der Waals surface area contributed by atoms with Crippen LogP contribution in [0.25, 0.3) is 10.9 Å². The zero-order valence-corrected chi connectivity index (χ0v) is 15.1. The van der Waals surface area contributed by atoms with Gasteiger partial charge in [0.2, 0.25) is 11.8 Å². The van der Waals surface area contributed by atoms with Crippen LogP contribution in [0, 0.1) is 0 Å². The summed E-state index contributed by atoms with van der Waals surface area (Å²) in [4.78, 5) is 29.8. The van der Waals surface area contributed by atoms with E-state index in [4.69, 9.17) is 0 Å². The van der Waals surface area contributed by atoms with Gasteiger partial charge in [0.25, 0.3) is 0 Å². The second-order valence-electron chi connectivity index (χ2n) is 7.31. The molecule has 0 fully saturated rings. The molecule has 2 amide bonds. The number of aromatic amines is 1. The Balaban J connectivity index is 1.56. The van der Waals surface area contributed by atoms with Crippen LogP contribution >= 0.6 is 0 Å². The van der Waals surface area contributed by atoms with Gasteiger partial charge in [-0.2, -0.15) is 0 Å². The molecule has 0 saturated heterocycles. The number of likely N-dealkylation sites (N-methyl/N-ethyl adjacent to an activating group) is 1. The number of nitrogens with zero attached hydrogens (tertiary/aromatic N) is 1. The number of carbonyl (C=O) groups is 2. The Labute approximate surface area is 152 Å². The quantitative estimate of drug-likeness (QED) is 0.760. The molecule has 4 rings (SSSR count). The number of amides is 2. The first kappa shape index (κ1) is 16.4. The minimum Gasteiger partial charge on any atom is -0.361 e. The molecule has 3 aromatic rings. The monoisotopic (exact) mass is 347 g/mol. The van der Waals surface area contributed by atoms with Crippen molar-refractivity contribution < 1.29 is 9.59 Å². The third-order valence-electron chi connectivity index (χ3n) is 5.18. The fraction of sp³-hybridized carbons (Fsp3) is 0.238. The number of carbonyl (C=O) groups excluding carboxylic acids is 2. The molecule has 2 N–H and O–H groups in total. The first-order valence-corrected chi connectivity index (χ1v) is 8.65. The largest absolute Gasteiger partial charge is 0.361 e. The van der Waals surface area contributed by atoms with E-state index >= 15 is 0 Å². The Morgan fingerprint density at radius 1 is 1.19 bits per heavy atom. The number of H-pyrrole nitrogens is 1. The normalized spacial score (nSPS) is 15.3. The fourth-order valence-corrected chi connectivity index (χ4v) is 3.71. The van der Waals surface area contributed by atoms with Crippen molar-refractivity contribution in [2.45, 2.75) is 25.7 Å². The molecule has 0 bridgehead atoms. The summed E-state index contributed by atoms with van der Waals surface area (Å²) in [6.07, 6.45) is 2.17. The third kappa shape index (κ3) is 2.47. The fourth-order valence-electron chi connectivity index (χ4n) is 3.71.